The van der Waals surface area contributed by atoms with E-state index >= 15 is 0 Å². The van der Waals surface area contributed by atoms with Crippen LogP contribution in [-0.2, 0) is 4.57 Å². The Morgan fingerprint density at radius 3 is 2.24 bits per heavy atom. The molecule has 0 spiro atoms. The summed E-state index contributed by atoms with van der Waals surface area (Å²) in [5.41, 5.74) is 1.21. The van der Waals surface area contributed by atoms with Crippen molar-refractivity contribution in [1.29, 1.82) is 0 Å². The summed E-state index contributed by atoms with van der Waals surface area (Å²) < 4.78 is 19.9. The minimum atomic E-state index is -2.52. The number of likely N-dealkylation sites (N-methyl/N-ethyl adjacent to an activating group) is 1. The predicted molar refractivity (Wildman–Crippen MR) is 122 cm³/mol. The van der Waals surface area contributed by atoms with Gasteiger partial charge in [-0.2, -0.15) is 0 Å². The van der Waals surface area contributed by atoms with Crippen molar-refractivity contribution in [3.05, 3.63) is 60.2 Å². The van der Waals surface area contributed by atoms with Crippen LogP contribution in [0.2, 0.25) is 0 Å². The van der Waals surface area contributed by atoms with Crippen molar-refractivity contribution < 1.29 is 37.8 Å². The van der Waals surface area contributed by atoms with Gasteiger partial charge in [0, 0.05) is 12.0 Å². The van der Waals surface area contributed by atoms with E-state index in [0.717, 1.165) is 48.3 Å². The molecule has 164 valence electrons. The lowest BCUT2D eigenvalue weighted by atomic mass is 10.2. The highest BCUT2D eigenvalue weighted by Gasteiger charge is 2.25. The zero-order valence-corrected chi connectivity index (χ0v) is 20.6. The SMILES string of the molecule is C.CC[N+](CC)(CCNP(C)(=O)c1ccccc1)CCOc1cccc(C)c1.[I-]. The third-order valence-electron chi connectivity index (χ3n) is 5.41. The molecule has 2 aromatic carbocycles. The average Bonchev–Trinajstić information content (AvgIpc) is 2.67. The molecule has 4 nitrogen and oxygen atoms in total. The van der Waals surface area contributed by atoms with Gasteiger partial charge in [0.15, 0.2) is 7.29 Å². The molecule has 0 aromatic heterocycles. The highest BCUT2D eigenvalue weighted by atomic mass is 127. The molecule has 0 radical (unpaired) electrons. The number of benzene rings is 2. The van der Waals surface area contributed by atoms with Crippen molar-refractivity contribution in [3.63, 3.8) is 0 Å². The normalized spacial score (nSPS) is 13.0. The van der Waals surface area contributed by atoms with Crippen LogP contribution >= 0.6 is 7.29 Å². The van der Waals surface area contributed by atoms with Crippen LogP contribution in [0.3, 0.4) is 0 Å². The zero-order chi connectivity index (χ0) is 19.8. The Balaban J connectivity index is 0.00000392. The second-order valence-corrected chi connectivity index (χ2v) is 9.94. The predicted octanol–water partition coefficient (Wildman–Crippen LogP) is 1.69. The van der Waals surface area contributed by atoms with Gasteiger partial charge in [0.2, 0.25) is 0 Å². The number of nitrogens with zero attached hydrogens (tertiary/aromatic N) is 1. The minimum Gasteiger partial charge on any atom is -1.00 e. The summed E-state index contributed by atoms with van der Waals surface area (Å²) in [7, 11) is -2.52. The molecule has 0 saturated heterocycles. The second kappa shape index (κ2) is 13.4. The summed E-state index contributed by atoms with van der Waals surface area (Å²) in [5, 5.41) is 4.20. The number of rotatable bonds is 11. The molecule has 1 unspecified atom stereocenters. The van der Waals surface area contributed by atoms with E-state index in [9.17, 15) is 4.57 Å². The second-order valence-electron chi connectivity index (χ2n) is 7.25. The van der Waals surface area contributed by atoms with Gasteiger partial charge in [-0.15, -0.1) is 0 Å². The van der Waals surface area contributed by atoms with Crippen LogP contribution in [-0.4, -0.2) is 50.5 Å². The largest absolute Gasteiger partial charge is 1.00 e. The molecule has 0 aliphatic rings. The first kappa shape index (κ1) is 28.1. The van der Waals surface area contributed by atoms with Crippen LogP contribution in [0, 0.1) is 6.92 Å². The number of halogens is 1. The third kappa shape index (κ3) is 8.79. The van der Waals surface area contributed by atoms with Gasteiger partial charge >= 0.3 is 0 Å². The Morgan fingerprint density at radius 2 is 1.66 bits per heavy atom. The Hall–Kier alpha value is -0.880. The minimum absolute atomic E-state index is 0. The van der Waals surface area contributed by atoms with E-state index in [-0.39, 0.29) is 31.4 Å². The van der Waals surface area contributed by atoms with Gasteiger partial charge in [0.05, 0.1) is 26.2 Å². The van der Waals surface area contributed by atoms with E-state index in [2.05, 4.69) is 38.0 Å². The van der Waals surface area contributed by atoms with Gasteiger partial charge in [-0.25, -0.2) is 0 Å². The molecule has 1 atom stereocenters. The molecule has 0 amide bonds. The number of ether oxygens (including phenoxy) is 1. The summed E-state index contributed by atoms with van der Waals surface area (Å²) in [6.45, 7) is 13.7. The number of hydrogen-bond donors (Lipinski definition) is 1. The fraction of sp³-hybridized carbons (Fsp3) is 0.478. The van der Waals surface area contributed by atoms with Crippen molar-refractivity contribution in [3.8, 4) is 5.75 Å². The summed E-state index contributed by atoms with van der Waals surface area (Å²) in [6, 6.07) is 17.9. The molecular formula is C23H38IN2O2P. The van der Waals surface area contributed by atoms with Crippen molar-refractivity contribution in [2.45, 2.75) is 28.2 Å². The molecular weight excluding hydrogens is 494 g/mol. The highest BCUT2D eigenvalue weighted by molar-refractivity contribution is 7.68. The monoisotopic (exact) mass is 532 g/mol. The summed E-state index contributed by atoms with van der Waals surface area (Å²) in [5.74, 6) is 0.931. The van der Waals surface area contributed by atoms with Gasteiger partial charge < -0.3 is 37.8 Å². The van der Waals surface area contributed by atoms with Crippen LogP contribution < -0.4 is 39.1 Å². The molecule has 2 aromatic rings. The lowest BCUT2D eigenvalue weighted by molar-refractivity contribution is -0.923. The molecule has 0 aliphatic heterocycles. The van der Waals surface area contributed by atoms with Crippen LogP contribution in [0.5, 0.6) is 5.75 Å². The lowest BCUT2D eigenvalue weighted by Gasteiger charge is -2.37. The van der Waals surface area contributed by atoms with E-state index in [1.165, 1.54) is 5.56 Å². The maximum absolute atomic E-state index is 13.0. The molecule has 1 N–H and O–H groups in total. The van der Waals surface area contributed by atoms with Crippen molar-refractivity contribution >= 4 is 12.6 Å². The third-order valence-corrected chi connectivity index (χ3v) is 7.52. The zero-order valence-electron chi connectivity index (χ0n) is 17.5. The number of nitrogens with one attached hydrogen (secondary N) is 1. The molecule has 0 bridgehead atoms. The van der Waals surface area contributed by atoms with Crippen LogP contribution in [0.25, 0.3) is 0 Å². The fourth-order valence-electron chi connectivity index (χ4n) is 3.33. The van der Waals surface area contributed by atoms with Crippen LogP contribution in [0.4, 0.5) is 0 Å². The van der Waals surface area contributed by atoms with Crippen molar-refractivity contribution in [2.24, 2.45) is 0 Å². The van der Waals surface area contributed by atoms with E-state index < -0.39 is 7.29 Å². The number of aryl methyl sites for hydroxylation is 1. The van der Waals surface area contributed by atoms with Gasteiger partial charge in [-0.05, 0) is 38.5 Å². The van der Waals surface area contributed by atoms with Crippen molar-refractivity contribution in [2.75, 3.05) is 46.0 Å². The fourth-order valence-corrected chi connectivity index (χ4v) is 4.78. The van der Waals surface area contributed by atoms with Gasteiger partial charge in [0.1, 0.15) is 18.9 Å². The van der Waals surface area contributed by atoms with Crippen LogP contribution in [0.1, 0.15) is 26.8 Å². The molecule has 29 heavy (non-hydrogen) atoms. The van der Waals surface area contributed by atoms with Crippen LogP contribution in [0.15, 0.2) is 54.6 Å². The Labute approximate surface area is 195 Å². The lowest BCUT2D eigenvalue weighted by Crippen LogP contribution is -3.00. The molecule has 0 aliphatic carbocycles. The standard InChI is InChI=1S/C22H34N2O2P.CH4.HI/c1-5-24(6-2,17-18-26-21-12-10-11-20(3)19-21)16-15-23-27(4,25)22-13-8-7-9-14-22;;/h7-14,19H,5-6,15-18H2,1-4H3,(H,23,25);1H4;1H/q+1;;/p-1. The topological polar surface area (TPSA) is 38.3 Å². The van der Waals surface area contributed by atoms with Gasteiger partial charge in [0.25, 0.3) is 0 Å². The van der Waals surface area contributed by atoms with Gasteiger partial charge in [-0.3, -0.25) is 5.09 Å². The first-order chi connectivity index (χ1) is 12.9. The Bertz CT molecular complexity index is 752. The summed E-state index contributed by atoms with van der Waals surface area (Å²) >= 11 is 0. The summed E-state index contributed by atoms with van der Waals surface area (Å²) in [4.78, 5) is 0. The Morgan fingerprint density at radius 1 is 1.00 bits per heavy atom. The van der Waals surface area contributed by atoms with Gasteiger partial charge in [-0.1, -0.05) is 49.9 Å². The maximum Gasteiger partial charge on any atom is 0.173 e. The van der Waals surface area contributed by atoms with E-state index in [4.69, 9.17) is 4.74 Å². The van der Waals surface area contributed by atoms with E-state index in [1.807, 2.05) is 49.1 Å². The van der Waals surface area contributed by atoms with Crippen molar-refractivity contribution in [1.82, 2.24) is 5.09 Å². The smallest absolute Gasteiger partial charge is 0.173 e. The van der Waals surface area contributed by atoms with E-state index in [1.54, 1.807) is 0 Å². The highest BCUT2D eigenvalue weighted by Crippen LogP contribution is 2.34. The summed E-state index contributed by atoms with van der Waals surface area (Å²) in [6.07, 6.45) is 0. The molecule has 6 heteroatoms. The Kier molecular flexibility index (Phi) is 13.0. The number of quaternary nitrogens is 1. The first-order valence-electron chi connectivity index (χ1n) is 9.83. The quantitative estimate of drug-likeness (QED) is 0.272. The molecule has 0 heterocycles. The number of hydrogen-bond acceptors (Lipinski definition) is 2. The van der Waals surface area contributed by atoms with E-state index in [0.29, 0.717) is 6.61 Å². The molecule has 2 rings (SSSR count). The molecule has 0 saturated carbocycles. The average molecular weight is 532 g/mol. The maximum atomic E-state index is 13.0. The molecule has 0 fully saturated rings. The first-order valence-corrected chi connectivity index (χ1v) is 12.0.